The first-order valence-corrected chi connectivity index (χ1v) is 6.76. The van der Waals surface area contributed by atoms with Crippen LogP contribution in [0.2, 0.25) is 0 Å². The molecule has 0 unspecified atom stereocenters. The average Bonchev–Trinajstić information content (AvgIpc) is 2.59. The molecule has 92 valence electrons. The number of rotatable bonds is 3. The second kappa shape index (κ2) is 4.42. The number of hydrogen-bond donors (Lipinski definition) is 1. The Balaban J connectivity index is 2.19. The number of pyridine rings is 1. The van der Waals surface area contributed by atoms with E-state index in [1.54, 1.807) is 0 Å². The molecular weight excluding hydrogens is 244 g/mol. The molecule has 2 rings (SSSR count). The summed E-state index contributed by atoms with van der Waals surface area (Å²) in [5, 5.41) is 8.81. The Bertz CT molecular complexity index is 541. The number of sulfonamides is 1. The van der Waals surface area contributed by atoms with Gasteiger partial charge in [0.2, 0.25) is 10.0 Å². The van der Waals surface area contributed by atoms with Crippen molar-refractivity contribution in [3.63, 3.8) is 0 Å². The predicted octanol–water partition coefficient (Wildman–Crippen LogP) is 0.315. The topological polar surface area (TPSA) is 87.6 Å². The quantitative estimate of drug-likeness (QED) is 0.841. The Morgan fingerprint density at radius 2 is 2.29 bits per heavy atom. The second-order valence-electron chi connectivity index (χ2n) is 3.84. The predicted molar refractivity (Wildman–Crippen MR) is 60.0 cm³/mol. The first-order valence-electron chi connectivity index (χ1n) is 5.15. The van der Waals surface area contributed by atoms with Gasteiger partial charge in [-0.2, -0.15) is 4.31 Å². The highest BCUT2D eigenvalue weighted by molar-refractivity contribution is 7.89. The second-order valence-corrected chi connectivity index (χ2v) is 5.93. The van der Waals surface area contributed by atoms with Crippen LogP contribution in [0.15, 0.2) is 18.3 Å². The van der Waals surface area contributed by atoms with E-state index in [0.29, 0.717) is 18.7 Å². The van der Waals surface area contributed by atoms with Crippen LogP contribution in [0.5, 0.6) is 0 Å². The zero-order valence-electron chi connectivity index (χ0n) is 9.04. The van der Waals surface area contributed by atoms with Crippen molar-refractivity contribution >= 4 is 16.0 Å². The molecule has 7 heteroatoms. The van der Waals surface area contributed by atoms with Gasteiger partial charge in [0.25, 0.3) is 0 Å². The monoisotopic (exact) mass is 256 g/mol. The fourth-order valence-corrected chi connectivity index (χ4v) is 3.24. The first-order chi connectivity index (χ1) is 7.99. The highest BCUT2D eigenvalue weighted by Gasteiger charge is 2.28. The van der Waals surface area contributed by atoms with Crippen LogP contribution in [-0.2, 0) is 16.6 Å². The number of carboxylic acid groups (broad SMARTS) is 1. The molecular formula is C10H12N2O4S. The maximum atomic E-state index is 11.6. The molecule has 0 saturated carbocycles. The molecule has 2 heterocycles. The van der Waals surface area contributed by atoms with Crippen LogP contribution in [-0.4, -0.2) is 41.1 Å². The number of hydrogen-bond acceptors (Lipinski definition) is 4. The number of nitrogens with zero attached hydrogens (tertiary/aromatic N) is 2. The molecule has 1 aliphatic heterocycles. The summed E-state index contributed by atoms with van der Waals surface area (Å²) in [5.41, 5.74) is 0.571. The van der Waals surface area contributed by atoms with Crippen molar-refractivity contribution < 1.29 is 18.3 Å². The zero-order chi connectivity index (χ0) is 12.5. The maximum absolute atomic E-state index is 11.6. The molecule has 0 radical (unpaired) electrons. The standard InChI is InChI=1S/C10H12N2O4S/c13-10(14)8-2-3-11-9(6-8)7-12-4-1-5-17(12,15)16/h2-3,6H,1,4-5,7H2,(H,13,14). The zero-order valence-corrected chi connectivity index (χ0v) is 9.85. The molecule has 1 fully saturated rings. The van der Waals surface area contributed by atoms with Gasteiger partial charge >= 0.3 is 5.97 Å². The fraction of sp³-hybridized carbons (Fsp3) is 0.400. The number of carboxylic acids is 1. The molecule has 1 aromatic heterocycles. The number of aromatic carboxylic acids is 1. The summed E-state index contributed by atoms with van der Waals surface area (Å²) in [5.74, 6) is -0.885. The van der Waals surface area contributed by atoms with E-state index in [1.165, 1.54) is 22.6 Å². The van der Waals surface area contributed by atoms with Gasteiger partial charge in [-0.3, -0.25) is 4.98 Å². The average molecular weight is 256 g/mol. The molecule has 17 heavy (non-hydrogen) atoms. The van der Waals surface area contributed by atoms with Gasteiger partial charge in [-0.05, 0) is 18.6 Å². The Kier molecular flexibility index (Phi) is 3.12. The van der Waals surface area contributed by atoms with Gasteiger partial charge < -0.3 is 5.11 Å². The van der Waals surface area contributed by atoms with Crippen LogP contribution < -0.4 is 0 Å². The van der Waals surface area contributed by atoms with Gasteiger partial charge in [0.1, 0.15) is 0 Å². The van der Waals surface area contributed by atoms with Crippen molar-refractivity contribution in [1.29, 1.82) is 0 Å². The van der Waals surface area contributed by atoms with Crippen molar-refractivity contribution in [3.8, 4) is 0 Å². The Morgan fingerprint density at radius 3 is 2.88 bits per heavy atom. The number of aromatic nitrogens is 1. The molecule has 0 amide bonds. The third-order valence-corrected chi connectivity index (χ3v) is 4.51. The van der Waals surface area contributed by atoms with Crippen molar-refractivity contribution in [2.75, 3.05) is 12.3 Å². The van der Waals surface area contributed by atoms with E-state index in [2.05, 4.69) is 4.98 Å². The van der Waals surface area contributed by atoms with E-state index in [9.17, 15) is 13.2 Å². The molecule has 1 aliphatic rings. The summed E-state index contributed by atoms with van der Waals surface area (Å²) in [6.45, 7) is 0.616. The first kappa shape index (κ1) is 12.0. The lowest BCUT2D eigenvalue weighted by molar-refractivity contribution is 0.0696. The molecule has 1 N–H and O–H groups in total. The lowest BCUT2D eigenvalue weighted by Crippen LogP contribution is -2.25. The summed E-state index contributed by atoms with van der Waals surface area (Å²) in [7, 11) is -3.17. The third kappa shape index (κ3) is 2.62. The fourth-order valence-electron chi connectivity index (χ4n) is 1.75. The van der Waals surface area contributed by atoms with Gasteiger partial charge in [-0.1, -0.05) is 0 Å². The molecule has 0 spiro atoms. The van der Waals surface area contributed by atoms with Crippen molar-refractivity contribution in [2.24, 2.45) is 0 Å². The van der Waals surface area contributed by atoms with Crippen molar-refractivity contribution in [1.82, 2.24) is 9.29 Å². The molecule has 1 aromatic rings. The third-order valence-electron chi connectivity index (χ3n) is 2.61. The Morgan fingerprint density at radius 1 is 1.53 bits per heavy atom. The van der Waals surface area contributed by atoms with Gasteiger partial charge in [0.05, 0.1) is 23.6 Å². The summed E-state index contributed by atoms with van der Waals surface area (Å²) in [6.07, 6.45) is 1.99. The largest absolute Gasteiger partial charge is 0.478 e. The van der Waals surface area contributed by atoms with Gasteiger partial charge in [-0.15, -0.1) is 0 Å². The van der Waals surface area contributed by atoms with Gasteiger partial charge in [0, 0.05) is 12.7 Å². The minimum Gasteiger partial charge on any atom is -0.478 e. The summed E-state index contributed by atoms with van der Waals surface area (Å²) < 4.78 is 24.5. The van der Waals surface area contributed by atoms with Gasteiger partial charge in [0.15, 0.2) is 0 Å². The highest BCUT2D eigenvalue weighted by Crippen LogP contribution is 2.16. The van der Waals surface area contributed by atoms with Crippen LogP contribution in [0.4, 0.5) is 0 Å². The molecule has 0 atom stereocenters. The van der Waals surface area contributed by atoms with E-state index < -0.39 is 16.0 Å². The normalized spacial score (nSPS) is 19.3. The van der Waals surface area contributed by atoms with E-state index in [-0.39, 0.29) is 17.9 Å². The van der Waals surface area contributed by atoms with Crippen molar-refractivity contribution in [2.45, 2.75) is 13.0 Å². The molecule has 0 bridgehead atoms. The summed E-state index contributed by atoms with van der Waals surface area (Å²) in [4.78, 5) is 14.7. The van der Waals surface area contributed by atoms with Crippen molar-refractivity contribution in [3.05, 3.63) is 29.6 Å². The van der Waals surface area contributed by atoms with Crippen LogP contribution >= 0.6 is 0 Å². The molecule has 1 saturated heterocycles. The summed E-state index contributed by atoms with van der Waals surface area (Å²) in [6, 6.07) is 2.78. The lowest BCUT2D eigenvalue weighted by Gasteiger charge is -2.13. The van der Waals surface area contributed by atoms with Crippen LogP contribution in [0, 0.1) is 0 Å². The van der Waals surface area contributed by atoms with Crippen LogP contribution in [0.25, 0.3) is 0 Å². The molecule has 6 nitrogen and oxygen atoms in total. The smallest absolute Gasteiger partial charge is 0.335 e. The number of carbonyl (C=O) groups is 1. The minimum absolute atomic E-state index is 0.117. The molecule has 0 aromatic carbocycles. The lowest BCUT2D eigenvalue weighted by atomic mass is 10.2. The Hall–Kier alpha value is -1.47. The van der Waals surface area contributed by atoms with Crippen LogP contribution in [0.1, 0.15) is 22.5 Å². The van der Waals surface area contributed by atoms with Gasteiger partial charge in [-0.25, -0.2) is 13.2 Å². The summed E-state index contributed by atoms with van der Waals surface area (Å²) >= 11 is 0. The van der Waals surface area contributed by atoms with E-state index >= 15 is 0 Å². The van der Waals surface area contributed by atoms with E-state index in [4.69, 9.17) is 5.11 Å². The Labute approximate surface area is 98.9 Å². The maximum Gasteiger partial charge on any atom is 0.335 e. The molecule has 0 aliphatic carbocycles. The van der Waals surface area contributed by atoms with Crippen LogP contribution in [0.3, 0.4) is 0 Å². The van der Waals surface area contributed by atoms with E-state index in [0.717, 1.165) is 0 Å². The SMILES string of the molecule is O=C(O)c1ccnc(CN2CCCS2(=O)=O)c1. The minimum atomic E-state index is -3.17. The highest BCUT2D eigenvalue weighted by atomic mass is 32.2. The van der Waals surface area contributed by atoms with E-state index in [1.807, 2.05) is 0 Å².